The van der Waals surface area contributed by atoms with E-state index in [1.807, 2.05) is 36.1 Å². The van der Waals surface area contributed by atoms with Gasteiger partial charge in [-0.25, -0.2) is 9.48 Å². The fourth-order valence-corrected chi connectivity index (χ4v) is 3.73. The second-order valence-corrected chi connectivity index (χ2v) is 7.06. The van der Waals surface area contributed by atoms with Crippen LogP contribution in [0.4, 0.5) is 0 Å². The number of aromatic nitrogens is 3. The first-order valence-corrected chi connectivity index (χ1v) is 9.24. The van der Waals surface area contributed by atoms with Crippen LogP contribution < -0.4 is 5.69 Å². The molecule has 2 aliphatic rings. The summed E-state index contributed by atoms with van der Waals surface area (Å²) in [6, 6.07) is 7.64. The molecule has 7 heteroatoms. The predicted molar refractivity (Wildman–Crippen MR) is 96.1 cm³/mol. The first-order valence-electron chi connectivity index (χ1n) is 9.24. The summed E-state index contributed by atoms with van der Waals surface area (Å²) >= 11 is 0. The summed E-state index contributed by atoms with van der Waals surface area (Å²) in [5, 5.41) is 4.52. The van der Waals surface area contributed by atoms with Gasteiger partial charge in [0.15, 0.2) is 0 Å². The van der Waals surface area contributed by atoms with Crippen molar-refractivity contribution in [3.8, 4) is 0 Å². The van der Waals surface area contributed by atoms with Crippen molar-refractivity contribution < 1.29 is 9.53 Å². The maximum absolute atomic E-state index is 13.0. The Balaban J connectivity index is 1.61. The van der Waals surface area contributed by atoms with E-state index in [0.717, 1.165) is 24.2 Å². The van der Waals surface area contributed by atoms with Crippen molar-refractivity contribution in [2.75, 3.05) is 26.3 Å². The highest BCUT2D eigenvalue weighted by Gasteiger charge is 2.33. The summed E-state index contributed by atoms with van der Waals surface area (Å²) in [4.78, 5) is 27.7. The Labute approximate surface area is 152 Å². The first kappa shape index (κ1) is 17.0. The van der Waals surface area contributed by atoms with Gasteiger partial charge in [-0.2, -0.15) is 5.10 Å². The van der Waals surface area contributed by atoms with Crippen LogP contribution in [-0.2, 0) is 22.5 Å². The minimum atomic E-state index is -0.434. The molecule has 1 unspecified atom stereocenters. The van der Waals surface area contributed by atoms with Crippen LogP contribution in [0.25, 0.3) is 0 Å². The van der Waals surface area contributed by atoms with Gasteiger partial charge in [0.25, 0.3) is 0 Å². The monoisotopic (exact) mass is 356 g/mol. The number of amides is 1. The molecular weight excluding hydrogens is 332 g/mol. The van der Waals surface area contributed by atoms with E-state index in [-0.39, 0.29) is 11.6 Å². The van der Waals surface area contributed by atoms with Gasteiger partial charge < -0.3 is 9.64 Å². The van der Waals surface area contributed by atoms with Crippen LogP contribution in [0.5, 0.6) is 0 Å². The third-order valence-electron chi connectivity index (χ3n) is 5.19. The lowest BCUT2D eigenvalue weighted by molar-refractivity contribution is -0.139. The summed E-state index contributed by atoms with van der Waals surface area (Å²) in [7, 11) is 0. The van der Waals surface area contributed by atoms with Crippen LogP contribution in [0.2, 0.25) is 0 Å². The highest BCUT2D eigenvalue weighted by Crippen LogP contribution is 2.24. The van der Waals surface area contributed by atoms with Gasteiger partial charge in [-0.15, -0.1) is 0 Å². The maximum atomic E-state index is 13.0. The molecule has 3 heterocycles. The third-order valence-corrected chi connectivity index (χ3v) is 5.19. The van der Waals surface area contributed by atoms with E-state index in [1.54, 1.807) is 4.57 Å². The zero-order valence-electron chi connectivity index (χ0n) is 15.1. The van der Waals surface area contributed by atoms with E-state index in [4.69, 9.17) is 4.74 Å². The second-order valence-electron chi connectivity index (χ2n) is 7.06. The number of ether oxygens (including phenoxy) is 1. The molecule has 0 bridgehead atoms. The number of rotatable bonds is 3. The molecule has 0 radical (unpaired) electrons. The minimum Gasteiger partial charge on any atom is -0.378 e. The van der Waals surface area contributed by atoms with Crippen LogP contribution in [0.1, 0.15) is 35.8 Å². The van der Waals surface area contributed by atoms with Crippen molar-refractivity contribution in [1.82, 2.24) is 19.2 Å². The molecule has 1 atom stereocenters. The quantitative estimate of drug-likeness (QED) is 0.827. The summed E-state index contributed by atoms with van der Waals surface area (Å²) in [6.45, 7) is 4.78. The van der Waals surface area contributed by atoms with Crippen LogP contribution in [-0.4, -0.2) is 51.5 Å². The average molecular weight is 356 g/mol. The highest BCUT2D eigenvalue weighted by molar-refractivity contribution is 5.80. The van der Waals surface area contributed by atoms with E-state index >= 15 is 0 Å². The number of hydrogen-bond donors (Lipinski definition) is 0. The van der Waals surface area contributed by atoms with Crippen molar-refractivity contribution in [1.29, 1.82) is 0 Å². The van der Waals surface area contributed by atoms with E-state index in [2.05, 4.69) is 5.10 Å². The van der Waals surface area contributed by atoms with E-state index in [9.17, 15) is 9.59 Å². The van der Waals surface area contributed by atoms with Crippen LogP contribution in [0, 0.1) is 6.92 Å². The van der Waals surface area contributed by atoms with Crippen LogP contribution in [0.3, 0.4) is 0 Å². The number of carbonyl (C=O) groups is 1. The Hall–Kier alpha value is -2.41. The fourth-order valence-electron chi connectivity index (χ4n) is 3.73. The molecule has 2 aromatic rings. The molecule has 138 valence electrons. The van der Waals surface area contributed by atoms with Gasteiger partial charge in [-0.05, 0) is 25.3 Å². The number of fused-ring (bicyclic) bond motifs is 1. The van der Waals surface area contributed by atoms with Crippen molar-refractivity contribution in [3.05, 3.63) is 51.7 Å². The predicted octanol–water partition coefficient (Wildman–Crippen LogP) is 1.14. The van der Waals surface area contributed by atoms with Gasteiger partial charge in [-0.1, -0.05) is 29.8 Å². The van der Waals surface area contributed by atoms with Crippen molar-refractivity contribution in [3.63, 3.8) is 0 Å². The molecule has 1 aromatic heterocycles. The Morgan fingerprint density at radius 2 is 1.96 bits per heavy atom. The molecule has 26 heavy (non-hydrogen) atoms. The van der Waals surface area contributed by atoms with E-state index in [1.165, 1.54) is 10.2 Å². The lowest BCUT2D eigenvalue weighted by Gasteiger charge is -2.32. The molecule has 4 rings (SSSR count). The molecule has 0 spiro atoms. The van der Waals surface area contributed by atoms with Gasteiger partial charge >= 0.3 is 5.69 Å². The van der Waals surface area contributed by atoms with Crippen LogP contribution >= 0.6 is 0 Å². The van der Waals surface area contributed by atoms with Gasteiger partial charge in [0.1, 0.15) is 11.9 Å². The number of morpholine rings is 1. The summed E-state index contributed by atoms with van der Waals surface area (Å²) in [5.74, 6) is 0.742. The summed E-state index contributed by atoms with van der Waals surface area (Å²) < 4.78 is 8.44. The SMILES string of the molecule is Cc1ccc(Cn2nc3n(c2=O)C(C(=O)N2CCOCC2)CCC3)cc1. The number of carbonyl (C=O) groups excluding carboxylic acids is 1. The van der Waals surface area contributed by atoms with Crippen molar-refractivity contribution in [2.24, 2.45) is 0 Å². The first-order chi connectivity index (χ1) is 12.6. The largest absolute Gasteiger partial charge is 0.378 e. The Kier molecular flexibility index (Phi) is 4.63. The fraction of sp³-hybridized carbons (Fsp3) is 0.526. The van der Waals surface area contributed by atoms with E-state index < -0.39 is 6.04 Å². The smallest absolute Gasteiger partial charge is 0.346 e. The van der Waals surface area contributed by atoms with Gasteiger partial charge in [0.2, 0.25) is 5.91 Å². The molecule has 1 saturated heterocycles. The molecule has 0 aliphatic carbocycles. The molecule has 1 fully saturated rings. The maximum Gasteiger partial charge on any atom is 0.346 e. The molecule has 0 saturated carbocycles. The molecule has 1 aromatic carbocycles. The zero-order valence-corrected chi connectivity index (χ0v) is 15.1. The number of nitrogens with zero attached hydrogens (tertiary/aromatic N) is 4. The summed E-state index contributed by atoms with van der Waals surface area (Å²) in [6.07, 6.45) is 2.31. The molecule has 2 aliphatic heterocycles. The Morgan fingerprint density at radius 3 is 2.69 bits per heavy atom. The van der Waals surface area contributed by atoms with Gasteiger partial charge in [0.05, 0.1) is 19.8 Å². The molecule has 7 nitrogen and oxygen atoms in total. The lowest BCUT2D eigenvalue weighted by Crippen LogP contribution is -2.47. The summed E-state index contributed by atoms with van der Waals surface area (Å²) in [5.41, 5.74) is 2.03. The lowest BCUT2D eigenvalue weighted by atomic mass is 10.0. The Bertz CT molecular complexity index is 847. The minimum absolute atomic E-state index is 0.0197. The molecule has 0 N–H and O–H groups in total. The highest BCUT2D eigenvalue weighted by atomic mass is 16.5. The second kappa shape index (κ2) is 7.07. The number of aryl methyl sites for hydroxylation is 2. The van der Waals surface area contributed by atoms with Crippen molar-refractivity contribution in [2.45, 2.75) is 38.8 Å². The normalized spacial score (nSPS) is 20.0. The van der Waals surface area contributed by atoms with E-state index in [0.29, 0.717) is 39.3 Å². The number of benzene rings is 1. The van der Waals surface area contributed by atoms with Gasteiger partial charge in [-0.3, -0.25) is 9.36 Å². The third kappa shape index (κ3) is 3.19. The topological polar surface area (TPSA) is 69.4 Å². The molecular formula is C19H24N4O3. The average Bonchev–Trinajstić information content (AvgIpc) is 2.99. The molecule has 1 amide bonds. The standard InChI is InChI=1S/C19H24N4O3/c1-14-5-7-15(8-6-14)13-22-19(25)23-16(3-2-4-17(23)20-22)18(24)21-9-11-26-12-10-21/h5-8,16H,2-4,9-13H2,1H3. The Morgan fingerprint density at radius 1 is 1.23 bits per heavy atom. The zero-order chi connectivity index (χ0) is 18.1. The number of hydrogen-bond acceptors (Lipinski definition) is 4. The van der Waals surface area contributed by atoms with Crippen molar-refractivity contribution >= 4 is 5.91 Å². The van der Waals surface area contributed by atoms with Gasteiger partial charge in [0, 0.05) is 19.5 Å². The van der Waals surface area contributed by atoms with Crippen LogP contribution in [0.15, 0.2) is 29.1 Å².